The van der Waals surface area contributed by atoms with Crippen molar-refractivity contribution in [2.24, 2.45) is 0 Å². The summed E-state index contributed by atoms with van der Waals surface area (Å²) in [5, 5.41) is 0. The van der Waals surface area contributed by atoms with Crippen molar-refractivity contribution in [2.75, 3.05) is 0 Å². The maximum Gasteiger partial charge on any atom is -0.0201 e. The van der Waals surface area contributed by atoms with Gasteiger partial charge in [-0.05, 0) is 73.6 Å². The molecule has 0 aliphatic heterocycles. The summed E-state index contributed by atoms with van der Waals surface area (Å²) in [6.07, 6.45) is 11.8. The summed E-state index contributed by atoms with van der Waals surface area (Å²) in [6, 6.07) is 8.45. The fourth-order valence-electron chi connectivity index (χ4n) is 2.69. The molecule has 1 aromatic rings. The zero-order valence-electron chi connectivity index (χ0n) is 27.8. The molecule has 1 aliphatic rings. The average molecular weight is 501 g/mol. The van der Waals surface area contributed by atoms with Crippen LogP contribution in [0.5, 0.6) is 0 Å². The standard InChI is InChI=1S/C11H14.C8H10.C7H16.C4H10.3C2H6/c1-4-9(2)11-8-6-5-7-10(11)3;1-5-6(2)8(4)7(5)3;1-3-5-7-6-4-2;1-3-4-2;3*1-2/h4-8H,1-3H3;1-2H2,3-4H3;3-7H2,1-2H3;3-4H2,1-2H3;3*1-2H3/b9-4-;;;;;;. The summed E-state index contributed by atoms with van der Waals surface area (Å²) in [4.78, 5) is 0. The van der Waals surface area contributed by atoms with E-state index in [0.717, 1.165) is 11.1 Å². The Balaban J connectivity index is -0.000000115. The molecule has 0 bridgehead atoms. The van der Waals surface area contributed by atoms with E-state index in [0.29, 0.717) is 0 Å². The van der Waals surface area contributed by atoms with Crippen molar-refractivity contribution in [1.29, 1.82) is 0 Å². The first kappa shape index (κ1) is 44.2. The number of hydrogen-bond acceptors (Lipinski definition) is 0. The van der Waals surface area contributed by atoms with E-state index in [-0.39, 0.29) is 0 Å². The summed E-state index contributed by atoms with van der Waals surface area (Å²) >= 11 is 0. The van der Waals surface area contributed by atoms with Gasteiger partial charge in [-0.3, -0.25) is 0 Å². The highest BCUT2D eigenvalue weighted by Gasteiger charge is 2.16. The largest absolute Gasteiger partial charge is 0.0909 e. The van der Waals surface area contributed by atoms with Gasteiger partial charge in [0.25, 0.3) is 0 Å². The lowest BCUT2D eigenvalue weighted by molar-refractivity contribution is 0.656. The van der Waals surface area contributed by atoms with E-state index in [1.165, 1.54) is 72.8 Å². The van der Waals surface area contributed by atoms with Gasteiger partial charge < -0.3 is 0 Å². The minimum absolute atomic E-state index is 1.13. The van der Waals surface area contributed by atoms with E-state index in [2.05, 4.69) is 106 Å². The summed E-state index contributed by atoms with van der Waals surface area (Å²) in [7, 11) is 0. The molecule has 0 heteroatoms. The van der Waals surface area contributed by atoms with Gasteiger partial charge in [-0.2, -0.15) is 0 Å². The molecule has 0 heterocycles. The summed E-state index contributed by atoms with van der Waals surface area (Å²) in [6.45, 7) is 39.0. The molecule has 2 rings (SSSR count). The molecular formula is C36H68. The molecule has 1 aliphatic carbocycles. The minimum Gasteiger partial charge on any atom is -0.0909 e. The van der Waals surface area contributed by atoms with Crippen LogP contribution in [-0.2, 0) is 0 Å². The van der Waals surface area contributed by atoms with Gasteiger partial charge in [-0.25, -0.2) is 0 Å². The molecule has 0 nitrogen and oxygen atoms in total. The maximum atomic E-state index is 3.82. The highest BCUT2D eigenvalue weighted by molar-refractivity contribution is 5.66. The molecule has 0 atom stereocenters. The van der Waals surface area contributed by atoms with Crippen molar-refractivity contribution in [2.45, 2.75) is 149 Å². The Morgan fingerprint density at radius 2 is 1.00 bits per heavy atom. The van der Waals surface area contributed by atoms with Crippen molar-refractivity contribution in [3.8, 4) is 0 Å². The molecule has 0 amide bonds. The zero-order valence-corrected chi connectivity index (χ0v) is 27.8. The maximum absolute atomic E-state index is 3.82. The molecule has 0 saturated carbocycles. The normalized spacial score (nSPS) is 11.0. The first-order valence-electron chi connectivity index (χ1n) is 15.0. The third-order valence-electron chi connectivity index (χ3n) is 5.54. The van der Waals surface area contributed by atoms with Crippen molar-refractivity contribution < 1.29 is 0 Å². The molecule has 0 fully saturated rings. The van der Waals surface area contributed by atoms with Gasteiger partial charge in [0.1, 0.15) is 0 Å². The third-order valence-corrected chi connectivity index (χ3v) is 5.54. The van der Waals surface area contributed by atoms with Gasteiger partial charge in [-0.1, -0.05) is 158 Å². The zero-order chi connectivity index (χ0) is 29.5. The molecule has 212 valence electrons. The Hall–Kier alpha value is -1.82. The first-order chi connectivity index (χ1) is 17.2. The van der Waals surface area contributed by atoms with Crippen LogP contribution < -0.4 is 0 Å². The Labute approximate surface area is 231 Å². The first-order valence-corrected chi connectivity index (χ1v) is 15.0. The van der Waals surface area contributed by atoms with Gasteiger partial charge in [0.2, 0.25) is 0 Å². The predicted octanol–water partition coefficient (Wildman–Crippen LogP) is 13.7. The molecular weight excluding hydrogens is 432 g/mol. The molecule has 0 spiro atoms. The van der Waals surface area contributed by atoms with Crippen molar-refractivity contribution >= 4 is 5.57 Å². The van der Waals surface area contributed by atoms with E-state index < -0.39 is 0 Å². The Morgan fingerprint density at radius 3 is 1.25 bits per heavy atom. The number of rotatable bonds is 6. The summed E-state index contributed by atoms with van der Waals surface area (Å²) in [5.41, 5.74) is 8.94. The monoisotopic (exact) mass is 501 g/mol. The minimum atomic E-state index is 1.13. The van der Waals surface area contributed by atoms with Crippen molar-refractivity contribution in [3.05, 3.63) is 76.9 Å². The van der Waals surface area contributed by atoms with Crippen molar-refractivity contribution in [3.63, 3.8) is 0 Å². The topological polar surface area (TPSA) is 0 Å². The van der Waals surface area contributed by atoms with Crippen LogP contribution in [0.1, 0.15) is 153 Å². The second-order valence-corrected chi connectivity index (χ2v) is 8.05. The van der Waals surface area contributed by atoms with Crippen LogP contribution in [0.15, 0.2) is 65.8 Å². The van der Waals surface area contributed by atoms with E-state index in [9.17, 15) is 0 Å². The second kappa shape index (κ2) is 35.3. The Kier molecular flexibility index (Phi) is 43.4. The summed E-state index contributed by atoms with van der Waals surface area (Å²) < 4.78 is 0. The number of hydrogen-bond donors (Lipinski definition) is 0. The smallest absolute Gasteiger partial charge is 0.0201 e. The second-order valence-electron chi connectivity index (χ2n) is 8.05. The molecule has 0 N–H and O–H groups in total. The fraction of sp³-hybridized carbons (Fsp3) is 0.611. The van der Waals surface area contributed by atoms with Crippen LogP contribution in [0.4, 0.5) is 0 Å². The summed E-state index contributed by atoms with van der Waals surface area (Å²) in [5.74, 6) is 0. The van der Waals surface area contributed by atoms with Gasteiger partial charge >= 0.3 is 0 Å². The fourth-order valence-corrected chi connectivity index (χ4v) is 2.69. The van der Waals surface area contributed by atoms with Crippen molar-refractivity contribution in [1.82, 2.24) is 0 Å². The molecule has 36 heavy (non-hydrogen) atoms. The van der Waals surface area contributed by atoms with Crippen LogP contribution in [0.3, 0.4) is 0 Å². The quantitative estimate of drug-likeness (QED) is 0.341. The molecule has 0 aromatic heterocycles. The van der Waals surface area contributed by atoms with Gasteiger partial charge in [0, 0.05) is 0 Å². The highest BCUT2D eigenvalue weighted by Crippen LogP contribution is 2.35. The van der Waals surface area contributed by atoms with E-state index in [1.807, 2.05) is 41.5 Å². The molecule has 1 aromatic carbocycles. The Morgan fingerprint density at radius 1 is 0.639 bits per heavy atom. The van der Waals surface area contributed by atoms with Gasteiger partial charge in [0.05, 0.1) is 0 Å². The van der Waals surface area contributed by atoms with E-state index >= 15 is 0 Å². The number of aryl methyl sites for hydroxylation is 1. The van der Waals surface area contributed by atoms with Crippen LogP contribution in [0.25, 0.3) is 5.57 Å². The van der Waals surface area contributed by atoms with Gasteiger partial charge in [0.15, 0.2) is 0 Å². The molecule has 0 radical (unpaired) electrons. The number of unbranched alkanes of at least 4 members (excludes halogenated alkanes) is 5. The third kappa shape index (κ3) is 23.9. The van der Waals surface area contributed by atoms with E-state index in [4.69, 9.17) is 0 Å². The lowest BCUT2D eigenvalue weighted by Gasteiger charge is -2.23. The Bertz CT molecular complexity index is 639. The van der Waals surface area contributed by atoms with Crippen LogP contribution in [0.2, 0.25) is 0 Å². The molecule has 0 saturated heterocycles. The molecule has 0 unspecified atom stereocenters. The predicted molar refractivity (Wildman–Crippen MR) is 176 cm³/mol. The highest BCUT2D eigenvalue weighted by atomic mass is 14.2. The van der Waals surface area contributed by atoms with Crippen LogP contribution in [0, 0.1) is 6.92 Å². The number of benzene rings is 1. The lowest BCUT2D eigenvalue weighted by atomic mass is 9.82. The van der Waals surface area contributed by atoms with Crippen LogP contribution >= 0.6 is 0 Å². The number of allylic oxidation sites excluding steroid dienone is 6. The SMILES string of the molecule is C/C=C(/C)c1ccccc1C.C=C1C(=C)C(C)=C1C.CC.CC.CC.CCCC.CCCCCCC. The average Bonchev–Trinajstić information content (AvgIpc) is 2.96. The van der Waals surface area contributed by atoms with E-state index in [1.54, 1.807) is 0 Å². The van der Waals surface area contributed by atoms with Crippen LogP contribution in [-0.4, -0.2) is 0 Å². The van der Waals surface area contributed by atoms with Gasteiger partial charge in [-0.15, -0.1) is 0 Å². The lowest BCUT2D eigenvalue weighted by Crippen LogP contribution is -2.04.